The van der Waals surface area contributed by atoms with Gasteiger partial charge in [0.1, 0.15) is 15.9 Å². The average molecular weight is 310 g/mol. The molecule has 0 saturated heterocycles. The molecule has 1 aliphatic heterocycles. The molecule has 0 unspecified atom stereocenters. The topological polar surface area (TPSA) is 84.0 Å². The number of hydrogen-bond acceptors (Lipinski definition) is 6. The van der Waals surface area contributed by atoms with Crippen LogP contribution >= 0.6 is 11.7 Å². The maximum Gasteiger partial charge on any atom is 0.243 e. The van der Waals surface area contributed by atoms with E-state index < -0.39 is 10.0 Å². The lowest BCUT2D eigenvalue weighted by Crippen LogP contribution is -2.29. The Bertz CT molecular complexity index is 752. The number of hydrogen-bond donors (Lipinski definition) is 2. The summed E-state index contributed by atoms with van der Waals surface area (Å²) in [7, 11) is -3.56. The average Bonchev–Trinajstić information content (AvgIpc) is 2.94. The number of nitrogens with one attached hydrogen (secondary N) is 2. The van der Waals surface area contributed by atoms with Crippen LogP contribution in [-0.4, -0.2) is 36.8 Å². The second kappa shape index (κ2) is 5.57. The Kier molecular flexibility index (Phi) is 3.79. The molecule has 0 amide bonds. The number of benzene rings is 1. The Hall–Kier alpha value is -1.35. The Morgan fingerprint density at radius 1 is 1.35 bits per heavy atom. The molecular weight excluding hydrogens is 296 g/mol. The van der Waals surface area contributed by atoms with E-state index in [4.69, 9.17) is 0 Å². The van der Waals surface area contributed by atoms with Gasteiger partial charge in [-0.3, -0.25) is 0 Å². The number of fused-ring (bicyclic) bond motifs is 1. The predicted octanol–water partition coefficient (Wildman–Crippen LogP) is 0.889. The quantitative estimate of drug-likeness (QED) is 0.819. The van der Waals surface area contributed by atoms with E-state index >= 15 is 0 Å². The molecule has 2 heterocycles. The van der Waals surface area contributed by atoms with E-state index in [1.165, 1.54) is 0 Å². The maximum atomic E-state index is 12.4. The second-order valence-corrected chi connectivity index (χ2v) is 6.79. The molecule has 0 atom stereocenters. The Labute approximate surface area is 121 Å². The summed E-state index contributed by atoms with van der Waals surface area (Å²) in [6.45, 7) is 2.03. The molecule has 1 aromatic carbocycles. The zero-order valence-electron chi connectivity index (χ0n) is 10.7. The minimum atomic E-state index is -3.56. The molecular formula is C12H14N4O2S2. The van der Waals surface area contributed by atoms with Crippen molar-refractivity contribution in [2.75, 3.05) is 19.6 Å². The van der Waals surface area contributed by atoms with E-state index in [0.717, 1.165) is 36.8 Å². The third-order valence-electron chi connectivity index (χ3n) is 3.19. The molecule has 2 N–H and O–H groups in total. The van der Waals surface area contributed by atoms with Crippen LogP contribution in [0.1, 0.15) is 6.42 Å². The lowest BCUT2D eigenvalue weighted by molar-refractivity contribution is 0.583. The largest absolute Gasteiger partial charge is 0.313 e. The fraction of sp³-hybridized carbons (Fsp3) is 0.333. The summed E-state index contributed by atoms with van der Waals surface area (Å²) in [5.41, 5.74) is 2.15. The summed E-state index contributed by atoms with van der Waals surface area (Å²) in [6, 6.07) is 5.00. The van der Waals surface area contributed by atoms with Gasteiger partial charge in [0.15, 0.2) is 0 Å². The summed E-state index contributed by atoms with van der Waals surface area (Å²) < 4.78 is 35.5. The first-order valence-corrected chi connectivity index (χ1v) is 8.48. The van der Waals surface area contributed by atoms with Crippen LogP contribution in [0, 0.1) is 0 Å². The van der Waals surface area contributed by atoms with Crippen LogP contribution in [0.4, 0.5) is 0 Å². The highest BCUT2D eigenvalue weighted by atomic mass is 32.2. The molecule has 6 nitrogen and oxygen atoms in total. The minimum absolute atomic E-state index is 0.193. The van der Waals surface area contributed by atoms with Gasteiger partial charge in [0.05, 0.1) is 11.7 Å². The third-order valence-corrected chi connectivity index (χ3v) is 5.16. The zero-order chi connectivity index (χ0) is 14.0. The minimum Gasteiger partial charge on any atom is -0.313 e. The van der Waals surface area contributed by atoms with E-state index in [2.05, 4.69) is 18.8 Å². The predicted molar refractivity (Wildman–Crippen MR) is 78.2 cm³/mol. The summed E-state index contributed by atoms with van der Waals surface area (Å²) in [6.07, 6.45) is 2.89. The number of nitrogens with zero attached hydrogens (tertiary/aromatic N) is 2. The van der Waals surface area contributed by atoms with Gasteiger partial charge in [-0.25, -0.2) is 13.1 Å². The first-order valence-electron chi connectivity index (χ1n) is 6.26. The first-order chi connectivity index (χ1) is 9.67. The van der Waals surface area contributed by atoms with E-state index in [0.29, 0.717) is 17.6 Å². The van der Waals surface area contributed by atoms with E-state index in [1.54, 1.807) is 18.2 Å². The van der Waals surface area contributed by atoms with Crippen LogP contribution in [0.25, 0.3) is 11.0 Å². The van der Waals surface area contributed by atoms with Crippen molar-refractivity contribution in [1.29, 1.82) is 0 Å². The zero-order valence-corrected chi connectivity index (χ0v) is 12.3. The Morgan fingerprint density at radius 2 is 2.25 bits per heavy atom. The molecule has 0 spiro atoms. The monoisotopic (exact) mass is 310 g/mol. The molecule has 0 saturated carbocycles. The van der Waals surface area contributed by atoms with E-state index in [1.807, 2.05) is 6.08 Å². The van der Waals surface area contributed by atoms with Crippen molar-refractivity contribution in [3.8, 4) is 0 Å². The van der Waals surface area contributed by atoms with Gasteiger partial charge in [-0.05, 0) is 25.1 Å². The summed E-state index contributed by atoms with van der Waals surface area (Å²) in [4.78, 5) is 0.193. The molecule has 1 aliphatic rings. The molecule has 2 aromatic rings. The van der Waals surface area contributed by atoms with E-state index in [-0.39, 0.29) is 4.90 Å². The van der Waals surface area contributed by atoms with Crippen LogP contribution in [0.3, 0.4) is 0 Å². The highest BCUT2D eigenvalue weighted by Gasteiger charge is 2.19. The van der Waals surface area contributed by atoms with Crippen molar-refractivity contribution in [3.63, 3.8) is 0 Å². The number of aromatic nitrogens is 2. The van der Waals surface area contributed by atoms with Gasteiger partial charge in [0.2, 0.25) is 10.0 Å². The molecule has 0 radical (unpaired) electrons. The van der Waals surface area contributed by atoms with Gasteiger partial charge in [-0.15, -0.1) is 0 Å². The highest BCUT2D eigenvalue weighted by molar-refractivity contribution is 7.89. The maximum absolute atomic E-state index is 12.4. The molecule has 106 valence electrons. The van der Waals surface area contributed by atoms with Crippen molar-refractivity contribution < 1.29 is 8.42 Å². The van der Waals surface area contributed by atoms with Crippen LogP contribution in [-0.2, 0) is 10.0 Å². The van der Waals surface area contributed by atoms with Gasteiger partial charge < -0.3 is 5.32 Å². The molecule has 1 aromatic heterocycles. The summed E-state index contributed by atoms with van der Waals surface area (Å²) >= 11 is 1.02. The van der Waals surface area contributed by atoms with Gasteiger partial charge in [-0.1, -0.05) is 17.7 Å². The molecule has 0 aliphatic carbocycles. The summed E-state index contributed by atoms with van der Waals surface area (Å²) in [5.74, 6) is 0. The Morgan fingerprint density at radius 3 is 3.05 bits per heavy atom. The van der Waals surface area contributed by atoms with Gasteiger partial charge in [0.25, 0.3) is 0 Å². The molecule has 0 fully saturated rings. The van der Waals surface area contributed by atoms with Crippen molar-refractivity contribution in [3.05, 3.63) is 29.8 Å². The first kappa shape index (κ1) is 13.6. The van der Waals surface area contributed by atoms with Crippen molar-refractivity contribution in [2.24, 2.45) is 0 Å². The molecule has 3 rings (SSSR count). The van der Waals surface area contributed by atoms with Gasteiger partial charge in [0, 0.05) is 13.1 Å². The lowest BCUT2D eigenvalue weighted by Gasteiger charge is -2.14. The van der Waals surface area contributed by atoms with Gasteiger partial charge >= 0.3 is 0 Å². The molecule has 8 heteroatoms. The van der Waals surface area contributed by atoms with Crippen molar-refractivity contribution in [2.45, 2.75) is 11.3 Å². The normalized spacial score (nSPS) is 16.3. The fourth-order valence-electron chi connectivity index (χ4n) is 2.09. The smallest absolute Gasteiger partial charge is 0.243 e. The number of sulfonamides is 1. The van der Waals surface area contributed by atoms with Crippen LogP contribution < -0.4 is 10.0 Å². The van der Waals surface area contributed by atoms with E-state index in [9.17, 15) is 8.42 Å². The van der Waals surface area contributed by atoms with Crippen molar-refractivity contribution >= 4 is 32.8 Å². The highest BCUT2D eigenvalue weighted by Crippen LogP contribution is 2.21. The molecule has 0 bridgehead atoms. The number of rotatable bonds is 4. The van der Waals surface area contributed by atoms with Crippen LogP contribution in [0.2, 0.25) is 0 Å². The molecule has 20 heavy (non-hydrogen) atoms. The standard InChI is InChI=1S/C12H14N4O2S2/c17-20(18,14-8-9-4-6-13-7-5-9)11-3-1-2-10-12(11)16-19-15-10/h1-4,13-14H,5-8H2. The summed E-state index contributed by atoms with van der Waals surface area (Å²) in [5, 5.41) is 3.19. The SMILES string of the molecule is O=S(=O)(NCC1=CCNCC1)c1cccc2nsnc12. The third kappa shape index (κ3) is 2.73. The fourth-order valence-corrected chi connectivity index (χ4v) is 3.89. The Balaban J connectivity index is 1.84. The second-order valence-electron chi connectivity index (χ2n) is 4.53. The lowest BCUT2D eigenvalue weighted by atomic mass is 10.1. The van der Waals surface area contributed by atoms with Crippen LogP contribution in [0.15, 0.2) is 34.7 Å². The van der Waals surface area contributed by atoms with Gasteiger partial charge in [-0.2, -0.15) is 8.75 Å². The van der Waals surface area contributed by atoms with Crippen LogP contribution in [0.5, 0.6) is 0 Å². The van der Waals surface area contributed by atoms with Crippen molar-refractivity contribution in [1.82, 2.24) is 18.8 Å².